The second kappa shape index (κ2) is 12.6. The van der Waals surface area contributed by atoms with Crippen molar-refractivity contribution in [3.63, 3.8) is 0 Å². The summed E-state index contributed by atoms with van der Waals surface area (Å²) in [5.74, 6) is -4.33. The highest BCUT2D eigenvalue weighted by atomic mass is 19.4. The van der Waals surface area contributed by atoms with Crippen molar-refractivity contribution in [3.05, 3.63) is 53.7 Å². The van der Waals surface area contributed by atoms with Gasteiger partial charge in [0.25, 0.3) is 5.91 Å². The van der Waals surface area contributed by atoms with E-state index in [1.54, 1.807) is 23.2 Å². The van der Waals surface area contributed by atoms with E-state index < -0.39 is 48.8 Å². The number of carbonyl (C=O) groups is 3. The van der Waals surface area contributed by atoms with E-state index in [1.165, 1.54) is 23.1 Å². The predicted octanol–water partition coefficient (Wildman–Crippen LogP) is 5.46. The van der Waals surface area contributed by atoms with Crippen molar-refractivity contribution in [2.75, 3.05) is 11.4 Å². The van der Waals surface area contributed by atoms with Crippen molar-refractivity contribution in [1.29, 1.82) is 0 Å². The van der Waals surface area contributed by atoms with E-state index in [1.807, 2.05) is 0 Å². The van der Waals surface area contributed by atoms with Gasteiger partial charge in [0.15, 0.2) is 5.65 Å². The Morgan fingerprint density at radius 2 is 1.74 bits per heavy atom. The summed E-state index contributed by atoms with van der Waals surface area (Å²) in [7, 11) is 0. The lowest BCUT2D eigenvalue weighted by Crippen LogP contribution is -2.37. The molecule has 3 aliphatic rings. The molecule has 1 unspecified atom stereocenters. The monoisotopic (exact) mass is 647 g/mol. The average Bonchev–Trinajstić information content (AvgIpc) is 3.62. The second-order valence-electron chi connectivity index (χ2n) is 12.5. The molecule has 246 valence electrons. The zero-order chi connectivity index (χ0) is 32.6. The van der Waals surface area contributed by atoms with Crippen LogP contribution in [0.15, 0.2) is 36.9 Å². The second-order valence-corrected chi connectivity index (χ2v) is 12.5. The van der Waals surface area contributed by atoms with Gasteiger partial charge in [-0.15, -0.1) is 0 Å². The van der Waals surface area contributed by atoms with E-state index >= 15 is 0 Å². The fraction of sp³-hybridized carbons (Fsp3) is 0.548. The summed E-state index contributed by atoms with van der Waals surface area (Å²) in [5.41, 5.74) is 2.08. The van der Waals surface area contributed by atoms with Crippen LogP contribution in [0.3, 0.4) is 0 Å². The molecule has 10 nitrogen and oxygen atoms in total. The van der Waals surface area contributed by atoms with Gasteiger partial charge < -0.3 is 15.5 Å². The summed E-state index contributed by atoms with van der Waals surface area (Å²) in [4.78, 5) is 48.6. The summed E-state index contributed by atoms with van der Waals surface area (Å²) in [6, 6.07) is 2.00. The number of pyridine rings is 1. The Morgan fingerprint density at radius 1 is 1.00 bits per heavy atom. The van der Waals surface area contributed by atoms with Crippen molar-refractivity contribution in [1.82, 2.24) is 30.2 Å². The molecule has 3 aromatic heterocycles. The molecule has 3 fully saturated rings. The molecule has 6 rings (SSSR count). The van der Waals surface area contributed by atoms with Crippen molar-refractivity contribution < 1.29 is 36.3 Å². The van der Waals surface area contributed by atoms with Crippen LogP contribution in [0.25, 0.3) is 5.65 Å². The van der Waals surface area contributed by atoms with Crippen LogP contribution in [0.4, 0.5) is 27.6 Å². The van der Waals surface area contributed by atoms with Crippen molar-refractivity contribution in [2.24, 2.45) is 11.8 Å². The molecule has 2 N–H and O–H groups in total. The highest BCUT2D eigenvalue weighted by Gasteiger charge is 2.40. The first-order chi connectivity index (χ1) is 21.8. The van der Waals surface area contributed by atoms with Gasteiger partial charge in [-0.05, 0) is 61.6 Å². The summed E-state index contributed by atoms with van der Waals surface area (Å²) in [5, 5.41) is 10.1. The lowest BCUT2D eigenvalue weighted by molar-refractivity contribution is -0.144. The lowest BCUT2D eigenvalue weighted by Gasteiger charge is -2.33. The van der Waals surface area contributed by atoms with Crippen LogP contribution < -0.4 is 15.5 Å². The van der Waals surface area contributed by atoms with Crippen molar-refractivity contribution in [3.8, 4) is 0 Å². The molecule has 0 bridgehead atoms. The van der Waals surface area contributed by atoms with E-state index in [9.17, 15) is 36.3 Å². The number of hydrogen-bond donors (Lipinski definition) is 2. The Hall–Kier alpha value is -4.17. The van der Waals surface area contributed by atoms with Gasteiger partial charge in [0.2, 0.25) is 17.7 Å². The van der Waals surface area contributed by atoms with E-state index in [-0.39, 0.29) is 49.0 Å². The van der Waals surface area contributed by atoms with E-state index in [0.717, 1.165) is 12.8 Å². The number of amides is 3. The standard InChI is InChI=1S/C31H34F5N7O3/c32-30(33)8-5-19(6-9-30)28(41-29(46)21-12-22(16-37-14-21)42-11-1-2-26(42)45)23-17-43-24(39-23)13-20(15-38-43)27(18-3-4-18)40-25(44)7-10-31(34,35)36/h12-19,27-28H,1-11H2,(H,40,44)(H,41,46)/t27?,28-/m0/s1. The molecular formula is C31H34F5N7O3. The normalized spacial score (nSPS) is 20.1. The number of aromatic nitrogens is 4. The third kappa shape index (κ3) is 7.44. The molecule has 46 heavy (non-hydrogen) atoms. The molecule has 3 amide bonds. The molecule has 2 saturated carbocycles. The molecule has 4 heterocycles. The fourth-order valence-corrected chi connectivity index (χ4v) is 6.31. The van der Waals surface area contributed by atoms with Crippen LogP contribution in [-0.2, 0) is 9.59 Å². The minimum atomic E-state index is -4.44. The lowest BCUT2D eigenvalue weighted by atomic mass is 9.81. The van der Waals surface area contributed by atoms with Crippen LogP contribution in [0.2, 0.25) is 0 Å². The van der Waals surface area contributed by atoms with Crippen LogP contribution in [0.1, 0.15) is 97.9 Å². The maximum Gasteiger partial charge on any atom is 0.389 e. The minimum Gasteiger partial charge on any atom is -0.349 e. The van der Waals surface area contributed by atoms with Gasteiger partial charge in [-0.2, -0.15) is 18.3 Å². The molecule has 3 aromatic rings. The summed E-state index contributed by atoms with van der Waals surface area (Å²) in [6.45, 7) is 0.527. The zero-order valence-corrected chi connectivity index (χ0v) is 24.9. The van der Waals surface area contributed by atoms with E-state index in [0.29, 0.717) is 42.0 Å². The van der Waals surface area contributed by atoms with Crippen molar-refractivity contribution >= 4 is 29.1 Å². The Labute approximate surface area is 261 Å². The van der Waals surface area contributed by atoms with E-state index in [2.05, 4.69) is 20.7 Å². The molecule has 2 atom stereocenters. The molecular weight excluding hydrogens is 613 g/mol. The van der Waals surface area contributed by atoms with Crippen molar-refractivity contribution in [2.45, 2.75) is 88.4 Å². The van der Waals surface area contributed by atoms with Gasteiger partial charge in [0, 0.05) is 38.4 Å². The Morgan fingerprint density at radius 3 is 2.41 bits per heavy atom. The number of nitrogens with zero attached hydrogens (tertiary/aromatic N) is 5. The van der Waals surface area contributed by atoms with Crippen LogP contribution in [-0.4, -0.2) is 55.9 Å². The number of nitrogens with one attached hydrogen (secondary N) is 2. The SMILES string of the molecule is O=C(CCC(F)(F)F)NC(c1cnn2cc([C@@H](NC(=O)c3cncc(N4CCCC4=O)c3)C3CCC(F)(F)CC3)nc2c1)C1CC1. The predicted molar refractivity (Wildman–Crippen MR) is 155 cm³/mol. The molecule has 15 heteroatoms. The quantitative estimate of drug-likeness (QED) is 0.282. The van der Waals surface area contributed by atoms with Gasteiger partial charge in [-0.25, -0.2) is 18.3 Å². The maximum atomic E-state index is 14.1. The number of halogens is 5. The third-order valence-electron chi connectivity index (χ3n) is 8.97. The summed E-state index contributed by atoms with van der Waals surface area (Å²) >= 11 is 0. The Balaban J connectivity index is 1.25. The number of carbonyl (C=O) groups excluding carboxylic acids is 3. The highest BCUT2D eigenvalue weighted by molar-refractivity contribution is 5.98. The van der Waals surface area contributed by atoms with Gasteiger partial charge >= 0.3 is 6.18 Å². The average molecular weight is 648 g/mol. The topological polar surface area (TPSA) is 122 Å². The van der Waals surface area contributed by atoms with Crippen LogP contribution in [0.5, 0.6) is 0 Å². The largest absolute Gasteiger partial charge is 0.389 e. The molecule has 0 aromatic carbocycles. The molecule has 1 aliphatic heterocycles. The van der Waals surface area contributed by atoms with Crippen LogP contribution >= 0.6 is 0 Å². The summed E-state index contributed by atoms with van der Waals surface area (Å²) < 4.78 is 67.6. The smallest absolute Gasteiger partial charge is 0.349 e. The number of hydrogen-bond acceptors (Lipinski definition) is 6. The third-order valence-corrected chi connectivity index (χ3v) is 8.97. The highest BCUT2D eigenvalue weighted by Crippen LogP contribution is 2.43. The number of rotatable bonds is 10. The van der Waals surface area contributed by atoms with Gasteiger partial charge in [-0.1, -0.05) is 0 Å². The first kappa shape index (κ1) is 31.8. The molecule has 2 aliphatic carbocycles. The van der Waals surface area contributed by atoms with Gasteiger partial charge in [0.05, 0.1) is 54.0 Å². The Kier molecular flexibility index (Phi) is 8.68. The number of fused-ring (bicyclic) bond motifs is 1. The van der Waals surface area contributed by atoms with Gasteiger partial charge in [0.1, 0.15) is 0 Å². The number of alkyl halides is 5. The maximum absolute atomic E-state index is 14.1. The number of imidazole rings is 1. The molecule has 0 radical (unpaired) electrons. The zero-order valence-electron chi connectivity index (χ0n) is 24.9. The molecule has 1 saturated heterocycles. The van der Waals surface area contributed by atoms with Crippen LogP contribution in [0, 0.1) is 11.8 Å². The summed E-state index contributed by atoms with van der Waals surface area (Å²) in [6.07, 6.45) is 2.08. The van der Waals surface area contributed by atoms with Gasteiger partial charge in [-0.3, -0.25) is 19.4 Å². The Bertz CT molecular complexity index is 1610. The first-order valence-corrected chi connectivity index (χ1v) is 15.5. The fourth-order valence-electron chi connectivity index (χ4n) is 6.31. The first-order valence-electron chi connectivity index (χ1n) is 15.5. The molecule has 0 spiro atoms. The number of anilines is 1. The van der Waals surface area contributed by atoms with E-state index in [4.69, 9.17) is 4.98 Å². The minimum absolute atomic E-state index is 0.0539.